The molecule has 0 aliphatic rings. The average molecular weight is 344 g/mol. The van der Waals surface area contributed by atoms with Gasteiger partial charge in [-0.2, -0.15) is 31.4 Å². The second-order valence-corrected chi connectivity index (χ2v) is 3.89. The summed E-state index contributed by atoms with van der Waals surface area (Å²) in [4.78, 5) is 23.6. The molecule has 1 aromatic rings. The zero-order chi connectivity index (χ0) is 17.8. The van der Waals surface area contributed by atoms with Crippen molar-refractivity contribution in [3.63, 3.8) is 0 Å². The molecule has 7 nitrogen and oxygen atoms in total. The second kappa shape index (κ2) is 6.58. The van der Waals surface area contributed by atoms with Crippen molar-refractivity contribution in [2.45, 2.75) is 18.8 Å². The van der Waals surface area contributed by atoms with Gasteiger partial charge in [-0.15, -0.1) is 0 Å². The first-order chi connectivity index (χ1) is 10.4. The zero-order valence-corrected chi connectivity index (χ0v) is 10.8. The fraction of sp³-hybridized carbons (Fsp3) is 0.300. The normalized spacial score (nSPS) is 12.9. The SMILES string of the molecule is O=C(C/C(=N\Nc1ncccc1[N+](=O)[O-])C(F)(F)F)C(F)(F)F. The number of pyridine rings is 1. The van der Waals surface area contributed by atoms with Crippen molar-refractivity contribution in [3.8, 4) is 0 Å². The summed E-state index contributed by atoms with van der Waals surface area (Å²) in [5.74, 6) is -3.38. The van der Waals surface area contributed by atoms with Gasteiger partial charge in [-0.3, -0.25) is 20.3 Å². The molecule has 0 aliphatic carbocycles. The topological polar surface area (TPSA) is 97.5 Å². The van der Waals surface area contributed by atoms with Gasteiger partial charge in [0.1, 0.15) is 5.71 Å². The van der Waals surface area contributed by atoms with Gasteiger partial charge in [0, 0.05) is 12.3 Å². The van der Waals surface area contributed by atoms with Gasteiger partial charge in [0.25, 0.3) is 0 Å². The van der Waals surface area contributed by atoms with Crippen molar-refractivity contribution in [1.29, 1.82) is 0 Å². The number of nitrogens with zero attached hydrogens (tertiary/aromatic N) is 3. The summed E-state index contributed by atoms with van der Waals surface area (Å²) >= 11 is 0. The van der Waals surface area contributed by atoms with Crippen LogP contribution in [0.15, 0.2) is 23.4 Å². The number of carbonyl (C=O) groups excluding carboxylic acids is 1. The van der Waals surface area contributed by atoms with E-state index in [1.807, 2.05) is 0 Å². The van der Waals surface area contributed by atoms with Crippen LogP contribution in [0.25, 0.3) is 0 Å². The van der Waals surface area contributed by atoms with Crippen LogP contribution in [0.4, 0.5) is 37.8 Å². The molecular formula is C10H6F6N4O3. The molecule has 0 aliphatic heterocycles. The van der Waals surface area contributed by atoms with Gasteiger partial charge in [0.15, 0.2) is 0 Å². The molecular weight excluding hydrogens is 338 g/mol. The molecule has 0 saturated heterocycles. The Balaban J connectivity index is 3.08. The van der Waals surface area contributed by atoms with Crippen molar-refractivity contribution in [2.24, 2.45) is 5.10 Å². The number of nitrogens with one attached hydrogen (secondary N) is 1. The number of aromatic nitrogens is 1. The molecule has 0 spiro atoms. The third-order valence-corrected chi connectivity index (χ3v) is 2.25. The minimum Gasteiger partial charge on any atom is -0.289 e. The molecule has 0 amide bonds. The fourth-order valence-corrected chi connectivity index (χ4v) is 1.21. The van der Waals surface area contributed by atoms with E-state index in [1.54, 1.807) is 5.43 Å². The van der Waals surface area contributed by atoms with Gasteiger partial charge in [0.05, 0.1) is 11.3 Å². The van der Waals surface area contributed by atoms with Crippen LogP contribution >= 0.6 is 0 Å². The molecule has 1 heterocycles. The highest BCUT2D eigenvalue weighted by atomic mass is 19.4. The van der Waals surface area contributed by atoms with E-state index in [4.69, 9.17) is 0 Å². The predicted octanol–water partition coefficient (Wildman–Crippen LogP) is 2.84. The van der Waals surface area contributed by atoms with Gasteiger partial charge in [-0.05, 0) is 6.07 Å². The molecule has 0 unspecified atom stereocenters. The Kier molecular flexibility index (Phi) is 5.24. The predicted molar refractivity (Wildman–Crippen MR) is 63.7 cm³/mol. The van der Waals surface area contributed by atoms with E-state index < -0.39 is 46.7 Å². The number of halogens is 6. The number of nitro groups is 1. The summed E-state index contributed by atoms with van der Waals surface area (Å²) in [7, 11) is 0. The number of anilines is 1. The number of carbonyl (C=O) groups is 1. The lowest BCUT2D eigenvalue weighted by Crippen LogP contribution is -2.32. The lowest BCUT2D eigenvalue weighted by atomic mass is 10.2. The largest absolute Gasteiger partial charge is 0.450 e. The summed E-state index contributed by atoms with van der Waals surface area (Å²) in [6, 6.07) is 2.00. The molecule has 0 aromatic carbocycles. The third-order valence-electron chi connectivity index (χ3n) is 2.25. The van der Waals surface area contributed by atoms with Crippen LogP contribution in [-0.4, -0.2) is 33.8 Å². The van der Waals surface area contributed by atoms with Gasteiger partial charge in [0.2, 0.25) is 11.6 Å². The van der Waals surface area contributed by atoms with Crippen molar-refractivity contribution >= 4 is 23.0 Å². The van der Waals surface area contributed by atoms with Crippen LogP contribution in [0.5, 0.6) is 0 Å². The lowest BCUT2D eigenvalue weighted by molar-refractivity contribution is -0.384. The van der Waals surface area contributed by atoms with Gasteiger partial charge < -0.3 is 0 Å². The molecule has 126 valence electrons. The van der Waals surface area contributed by atoms with Crippen LogP contribution in [0.2, 0.25) is 0 Å². The number of Topliss-reactive ketones (excluding diaryl/α,β-unsaturated/α-hetero) is 1. The minimum atomic E-state index is -5.47. The van der Waals surface area contributed by atoms with Crippen LogP contribution in [-0.2, 0) is 4.79 Å². The molecule has 23 heavy (non-hydrogen) atoms. The standard InChI is InChI=1S/C10H6F6N4O3/c11-9(12,13)6(4-7(21)10(14,15)16)18-19-8-5(20(22)23)2-1-3-17-8/h1-3H,4H2,(H,17,19)/b18-6+. The summed E-state index contributed by atoms with van der Waals surface area (Å²) in [5.41, 5.74) is -1.29. The highest BCUT2D eigenvalue weighted by Crippen LogP contribution is 2.26. The maximum Gasteiger partial charge on any atom is 0.450 e. The minimum absolute atomic E-state index is 0.723. The number of hydrazone groups is 1. The molecule has 0 atom stereocenters. The van der Waals surface area contributed by atoms with E-state index in [1.165, 1.54) is 0 Å². The second-order valence-electron chi connectivity index (χ2n) is 3.89. The summed E-state index contributed by atoms with van der Waals surface area (Å²) in [6.07, 6.45) is -11.9. The number of ketones is 1. The Hall–Kier alpha value is -2.73. The van der Waals surface area contributed by atoms with E-state index in [0.717, 1.165) is 18.3 Å². The van der Waals surface area contributed by atoms with Gasteiger partial charge >= 0.3 is 18.0 Å². The Bertz CT molecular complexity index is 640. The Labute approximate surface area is 123 Å². The first kappa shape index (κ1) is 18.3. The molecule has 0 radical (unpaired) electrons. The molecule has 1 aromatic heterocycles. The first-order valence-corrected chi connectivity index (χ1v) is 5.52. The van der Waals surface area contributed by atoms with E-state index in [2.05, 4.69) is 10.1 Å². The van der Waals surface area contributed by atoms with E-state index in [9.17, 15) is 41.3 Å². The first-order valence-electron chi connectivity index (χ1n) is 5.52. The monoisotopic (exact) mass is 344 g/mol. The lowest BCUT2D eigenvalue weighted by Gasteiger charge is -2.11. The van der Waals surface area contributed by atoms with E-state index in [0.29, 0.717) is 0 Å². The smallest absolute Gasteiger partial charge is 0.289 e. The molecule has 13 heteroatoms. The molecule has 0 fully saturated rings. The number of rotatable bonds is 5. The van der Waals surface area contributed by atoms with Crippen molar-refractivity contribution in [3.05, 3.63) is 28.4 Å². The highest BCUT2D eigenvalue weighted by Gasteiger charge is 2.45. The number of alkyl halides is 6. The van der Waals surface area contributed by atoms with Crippen molar-refractivity contribution < 1.29 is 36.1 Å². The zero-order valence-electron chi connectivity index (χ0n) is 10.8. The Morgan fingerprint density at radius 1 is 1.26 bits per heavy atom. The van der Waals surface area contributed by atoms with Crippen LogP contribution in [0, 0.1) is 10.1 Å². The fourth-order valence-electron chi connectivity index (χ4n) is 1.21. The molecule has 1 rings (SSSR count). The van der Waals surface area contributed by atoms with Crippen LogP contribution in [0.3, 0.4) is 0 Å². The van der Waals surface area contributed by atoms with Gasteiger partial charge in [-0.1, -0.05) is 0 Å². The summed E-state index contributed by atoms with van der Waals surface area (Å²) in [6.45, 7) is 0. The molecule has 0 saturated carbocycles. The summed E-state index contributed by atoms with van der Waals surface area (Å²) in [5, 5.41) is 13.2. The quantitative estimate of drug-likeness (QED) is 0.383. The summed E-state index contributed by atoms with van der Waals surface area (Å²) < 4.78 is 73.9. The maximum atomic E-state index is 12.6. The van der Waals surface area contributed by atoms with Crippen molar-refractivity contribution in [1.82, 2.24) is 4.98 Å². The Morgan fingerprint density at radius 2 is 1.87 bits per heavy atom. The molecule has 1 N–H and O–H groups in total. The Morgan fingerprint density at radius 3 is 2.35 bits per heavy atom. The third kappa shape index (κ3) is 5.19. The number of hydrogen-bond acceptors (Lipinski definition) is 6. The highest BCUT2D eigenvalue weighted by molar-refractivity contribution is 6.06. The van der Waals surface area contributed by atoms with Crippen LogP contribution in [0.1, 0.15) is 6.42 Å². The number of hydrogen-bond donors (Lipinski definition) is 1. The van der Waals surface area contributed by atoms with Gasteiger partial charge in [-0.25, -0.2) is 4.98 Å². The van der Waals surface area contributed by atoms with Crippen LogP contribution < -0.4 is 5.43 Å². The molecule has 0 bridgehead atoms. The van der Waals surface area contributed by atoms with Crippen molar-refractivity contribution in [2.75, 3.05) is 5.43 Å². The van der Waals surface area contributed by atoms with E-state index in [-0.39, 0.29) is 0 Å². The average Bonchev–Trinajstić information content (AvgIpc) is 2.40. The maximum absolute atomic E-state index is 12.6. The van der Waals surface area contributed by atoms with E-state index >= 15 is 0 Å².